The number of nitrogens with zero attached hydrogens (tertiary/aromatic N) is 1. The van der Waals surface area contributed by atoms with Gasteiger partial charge >= 0.3 is 0 Å². The van der Waals surface area contributed by atoms with Gasteiger partial charge in [-0.25, -0.2) is 0 Å². The average Bonchev–Trinajstić information content (AvgIpc) is 2.18. The van der Waals surface area contributed by atoms with Gasteiger partial charge in [0.25, 0.3) is 0 Å². The minimum absolute atomic E-state index is 0.197. The monoisotopic (exact) mass is 242 g/mol. The van der Waals surface area contributed by atoms with Crippen LogP contribution < -0.4 is 5.32 Å². The molecule has 0 amide bonds. The van der Waals surface area contributed by atoms with Crippen LogP contribution in [0.15, 0.2) is 0 Å². The fourth-order valence-corrected chi connectivity index (χ4v) is 2.38. The summed E-state index contributed by atoms with van der Waals surface area (Å²) in [7, 11) is 0. The van der Waals surface area contributed by atoms with Crippen LogP contribution in [0.3, 0.4) is 0 Å². The lowest BCUT2D eigenvalue weighted by atomic mass is 9.98. The molecule has 0 saturated carbocycles. The Labute approximate surface area is 107 Å². The van der Waals surface area contributed by atoms with Gasteiger partial charge in [-0.05, 0) is 33.6 Å². The molecular weight excluding hydrogens is 212 g/mol. The Morgan fingerprint density at radius 1 is 1.35 bits per heavy atom. The minimum atomic E-state index is 0.197. The summed E-state index contributed by atoms with van der Waals surface area (Å²) in [5.74, 6) is 0.672. The molecule has 0 aliphatic carbocycles. The second kappa shape index (κ2) is 6.17. The first-order valence-corrected chi connectivity index (χ1v) is 6.90. The first kappa shape index (κ1) is 14.9. The molecule has 102 valence electrons. The Bertz CT molecular complexity index is 223. The predicted molar refractivity (Wildman–Crippen MR) is 73.4 cm³/mol. The average molecular weight is 242 g/mol. The summed E-state index contributed by atoms with van der Waals surface area (Å²) in [6.45, 7) is 17.5. The summed E-state index contributed by atoms with van der Waals surface area (Å²) in [5.41, 5.74) is 0.197. The van der Waals surface area contributed by atoms with E-state index in [2.05, 4.69) is 51.8 Å². The normalized spacial score (nSPS) is 25.2. The molecule has 0 bridgehead atoms. The Hall–Kier alpha value is -0.120. The summed E-state index contributed by atoms with van der Waals surface area (Å²) >= 11 is 0. The first-order chi connectivity index (χ1) is 7.81. The van der Waals surface area contributed by atoms with Crippen LogP contribution in [0.4, 0.5) is 0 Å². The molecule has 2 unspecified atom stereocenters. The Morgan fingerprint density at radius 2 is 2.00 bits per heavy atom. The van der Waals surface area contributed by atoms with Crippen LogP contribution in [0.25, 0.3) is 0 Å². The SMILES string of the molecule is CC(C)C(CNC(C)(C)C)N1CCOCC1C. The van der Waals surface area contributed by atoms with Crippen molar-refractivity contribution >= 4 is 0 Å². The maximum absolute atomic E-state index is 5.53. The smallest absolute Gasteiger partial charge is 0.0619 e. The van der Waals surface area contributed by atoms with Gasteiger partial charge in [0, 0.05) is 30.7 Å². The zero-order valence-electron chi connectivity index (χ0n) is 12.4. The second-order valence-corrected chi connectivity index (χ2v) is 6.60. The van der Waals surface area contributed by atoms with Crippen LogP contribution in [-0.2, 0) is 4.74 Å². The highest BCUT2D eigenvalue weighted by molar-refractivity contribution is 4.85. The van der Waals surface area contributed by atoms with Gasteiger partial charge in [-0.1, -0.05) is 13.8 Å². The lowest BCUT2D eigenvalue weighted by molar-refractivity contribution is -0.0321. The molecule has 17 heavy (non-hydrogen) atoms. The highest BCUT2D eigenvalue weighted by Gasteiger charge is 2.29. The Balaban J connectivity index is 2.58. The predicted octanol–water partition coefficient (Wildman–Crippen LogP) is 2.12. The van der Waals surface area contributed by atoms with Gasteiger partial charge in [0.2, 0.25) is 0 Å². The lowest BCUT2D eigenvalue weighted by Gasteiger charge is -2.42. The molecule has 3 heteroatoms. The van der Waals surface area contributed by atoms with E-state index in [1.807, 2.05) is 0 Å². The molecule has 1 N–H and O–H groups in total. The lowest BCUT2D eigenvalue weighted by Crippen LogP contribution is -2.56. The fraction of sp³-hybridized carbons (Fsp3) is 1.00. The van der Waals surface area contributed by atoms with Gasteiger partial charge in [0.1, 0.15) is 0 Å². The molecule has 0 aromatic carbocycles. The first-order valence-electron chi connectivity index (χ1n) is 6.90. The van der Waals surface area contributed by atoms with Crippen LogP contribution in [0, 0.1) is 5.92 Å². The molecule has 1 fully saturated rings. The van der Waals surface area contributed by atoms with Crippen molar-refractivity contribution in [2.45, 2.75) is 59.2 Å². The molecule has 1 rings (SSSR count). The number of hydrogen-bond acceptors (Lipinski definition) is 3. The van der Waals surface area contributed by atoms with E-state index in [4.69, 9.17) is 4.74 Å². The van der Waals surface area contributed by atoms with Crippen LogP contribution >= 0.6 is 0 Å². The molecule has 0 aromatic heterocycles. The molecule has 1 heterocycles. The number of ether oxygens (including phenoxy) is 1. The van der Waals surface area contributed by atoms with E-state index in [0.29, 0.717) is 18.0 Å². The molecule has 1 aliphatic heterocycles. The van der Waals surface area contributed by atoms with Crippen molar-refractivity contribution in [2.75, 3.05) is 26.3 Å². The summed E-state index contributed by atoms with van der Waals surface area (Å²) in [5, 5.41) is 3.64. The van der Waals surface area contributed by atoms with Crippen molar-refractivity contribution in [1.29, 1.82) is 0 Å². The molecule has 2 atom stereocenters. The van der Waals surface area contributed by atoms with E-state index in [1.54, 1.807) is 0 Å². The zero-order valence-corrected chi connectivity index (χ0v) is 12.4. The van der Waals surface area contributed by atoms with Crippen molar-refractivity contribution < 1.29 is 4.74 Å². The summed E-state index contributed by atoms with van der Waals surface area (Å²) in [6.07, 6.45) is 0. The minimum Gasteiger partial charge on any atom is -0.379 e. The molecule has 0 aromatic rings. The van der Waals surface area contributed by atoms with E-state index in [9.17, 15) is 0 Å². The van der Waals surface area contributed by atoms with Crippen molar-refractivity contribution in [1.82, 2.24) is 10.2 Å². The van der Waals surface area contributed by atoms with E-state index in [-0.39, 0.29) is 5.54 Å². The molecule has 1 saturated heterocycles. The van der Waals surface area contributed by atoms with Crippen molar-refractivity contribution in [3.63, 3.8) is 0 Å². The van der Waals surface area contributed by atoms with E-state index < -0.39 is 0 Å². The van der Waals surface area contributed by atoms with Crippen LogP contribution in [0.1, 0.15) is 41.5 Å². The quantitative estimate of drug-likeness (QED) is 0.817. The van der Waals surface area contributed by atoms with Gasteiger partial charge in [-0.3, -0.25) is 4.90 Å². The summed E-state index contributed by atoms with van der Waals surface area (Å²) in [6, 6.07) is 1.14. The molecular formula is C14H30N2O. The number of morpholine rings is 1. The zero-order chi connectivity index (χ0) is 13.1. The van der Waals surface area contributed by atoms with E-state index in [1.165, 1.54) is 0 Å². The Morgan fingerprint density at radius 3 is 2.47 bits per heavy atom. The largest absolute Gasteiger partial charge is 0.379 e. The van der Waals surface area contributed by atoms with Crippen molar-refractivity contribution in [3.05, 3.63) is 0 Å². The van der Waals surface area contributed by atoms with Crippen LogP contribution in [0.2, 0.25) is 0 Å². The fourth-order valence-electron chi connectivity index (χ4n) is 2.38. The molecule has 1 aliphatic rings. The number of hydrogen-bond donors (Lipinski definition) is 1. The second-order valence-electron chi connectivity index (χ2n) is 6.60. The van der Waals surface area contributed by atoms with Crippen LogP contribution in [0.5, 0.6) is 0 Å². The van der Waals surface area contributed by atoms with E-state index in [0.717, 1.165) is 26.3 Å². The van der Waals surface area contributed by atoms with Gasteiger partial charge in [-0.2, -0.15) is 0 Å². The summed E-state index contributed by atoms with van der Waals surface area (Å²) < 4.78 is 5.53. The third kappa shape index (κ3) is 4.94. The molecule has 3 nitrogen and oxygen atoms in total. The topological polar surface area (TPSA) is 24.5 Å². The highest BCUT2D eigenvalue weighted by atomic mass is 16.5. The Kier molecular flexibility index (Phi) is 5.42. The summed E-state index contributed by atoms with van der Waals surface area (Å²) in [4.78, 5) is 2.60. The van der Waals surface area contributed by atoms with Gasteiger partial charge in [-0.15, -0.1) is 0 Å². The van der Waals surface area contributed by atoms with Crippen LogP contribution in [-0.4, -0.2) is 48.8 Å². The van der Waals surface area contributed by atoms with Gasteiger partial charge < -0.3 is 10.1 Å². The van der Waals surface area contributed by atoms with Crippen molar-refractivity contribution in [2.24, 2.45) is 5.92 Å². The third-order valence-electron chi connectivity index (χ3n) is 3.46. The van der Waals surface area contributed by atoms with Crippen molar-refractivity contribution in [3.8, 4) is 0 Å². The third-order valence-corrected chi connectivity index (χ3v) is 3.46. The maximum Gasteiger partial charge on any atom is 0.0619 e. The standard InChI is InChI=1S/C14H30N2O/c1-11(2)13(9-15-14(4,5)6)16-7-8-17-10-12(16)3/h11-13,15H,7-10H2,1-6H3. The van der Waals surface area contributed by atoms with E-state index >= 15 is 0 Å². The number of rotatable bonds is 4. The maximum atomic E-state index is 5.53. The number of nitrogens with one attached hydrogen (secondary N) is 1. The molecule has 0 spiro atoms. The van der Waals surface area contributed by atoms with Gasteiger partial charge in [0.15, 0.2) is 0 Å². The van der Waals surface area contributed by atoms with Gasteiger partial charge in [0.05, 0.1) is 13.2 Å². The molecule has 0 radical (unpaired) electrons. The highest BCUT2D eigenvalue weighted by Crippen LogP contribution is 2.17.